The van der Waals surface area contributed by atoms with Crippen LogP contribution in [0, 0.1) is 6.92 Å². The van der Waals surface area contributed by atoms with E-state index < -0.39 is 0 Å². The summed E-state index contributed by atoms with van der Waals surface area (Å²) >= 11 is 0. The molecule has 1 aliphatic rings. The summed E-state index contributed by atoms with van der Waals surface area (Å²) in [7, 11) is 3.36. The molecule has 7 nitrogen and oxygen atoms in total. The second kappa shape index (κ2) is 10.3. The smallest absolute Gasteiger partial charge is 0.254 e. The van der Waals surface area contributed by atoms with Gasteiger partial charge in [0.2, 0.25) is 0 Å². The number of hydrogen-bond acceptors (Lipinski definition) is 6. The Kier molecular flexibility index (Phi) is 7.55. The Balaban J connectivity index is 1.61. The lowest BCUT2D eigenvalue weighted by Crippen LogP contribution is -2.37. The number of aromatic nitrogens is 2. The molecule has 0 saturated carbocycles. The van der Waals surface area contributed by atoms with Crippen molar-refractivity contribution in [2.45, 2.75) is 32.2 Å². The third-order valence-corrected chi connectivity index (χ3v) is 5.31. The van der Waals surface area contributed by atoms with Crippen LogP contribution in [0.5, 0.6) is 5.75 Å². The maximum absolute atomic E-state index is 12.6. The van der Waals surface area contributed by atoms with Crippen molar-refractivity contribution in [1.29, 1.82) is 0 Å². The molecule has 1 aromatic heterocycles. The predicted octanol–water partition coefficient (Wildman–Crippen LogP) is 2.55. The highest BCUT2D eigenvalue weighted by molar-refractivity contribution is 5.94. The number of hydrogen-bond donors (Lipinski definition) is 1. The van der Waals surface area contributed by atoms with Gasteiger partial charge in [0.15, 0.2) is 0 Å². The molecule has 1 aliphatic heterocycles. The van der Waals surface area contributed by atoms with Crippen molar-refractivity contribution >= 4 is 5.91 Å². The fraction of sp³-hybridized carbons (Fsp3) is 0.500. The first-order valence-corrected chi connectivity index (χ1v) is 10.1. The highest BCUT2D eigenvalue weighted by atomic mass is 16.5. The van der Waals surface area contributed by atoms with E-state index in [0.29, 0.717) is 23.7 Å². The van der Waals surface area contributed by atoms with E-state index in [1.807, 2.05) is 31.2 Å². The second-order valence-corrected chi connectivity index (χ2v) is 7.39. The van der Waals surface area contributed by atoms with Crippen LogP contribution in [0.15, 0.2) is 30.5 Å². The molecule has 1 saturated heterocycles. The van der Waals surface area contributed by atoms with Crippen molar-refractivity contribution in [1.82, 2.24) is 20.2 Å². The number of carbonyl (C=O) groups excluding carboxylic acids is 1. The molecule has 0 spiro atoms. The standard InChI is InChI=1S/C22H30N4O3/c1-16-20(22(27)24-13-17-6-4-8-19(12-17)29-3)14-23-21(25-16)18-7-5-9-26(15-18)10-11-28-2/h4,6,8,12,14,18H,5,7,9-11,13,15H2,1-3H3,(H,24,27). The summed E-state index contributed by atoms with van der Waals surface area (Å²) in [5, 5.41) is 2.94. The number of nitrogens with one attached hydrogen (secondary N) is 1. The molecule has 156 valence electrons. The third-order valence-electron chi connectivity index (χ3n) is 5.31. The van der Waals surface area contributed by atoms with E-state index in [-0.39, 0.29) is 5.91 Å². The van der Waals surface area contributed by atoms with Gasteiger partial charge in [-0.25, -0.2) is 9.97 Å². The van der Waals surface area contributed by atoms with E-state index in [1.54, 1.807) is 20.4 Å². The molecule has 1 amide bonds. The lowest BCUT2D eigenvalue weighted by Gasteiger charge is -2.31. The van der Waals surface area contributed by atoms with Gasteiger partial charge in [0.05, 0.1) is 25.0 Å². The van der Waals surface area contributed by atoms with Crippen molar-refractivity contribution < 1.29 is 14.3 Å². The zero-order valence-corrected chi connectivity index (χ0v) is 17.5. The number of nitrogens with zero attached hydrogens (tertiary/aromatic N) is 3. The normalized spacial score (nSPS) is 17.1. The number of methoxy groups -OCH3 is 2. The topological polar surface area (TPSA) is 76.6 Å². The van der Waals surface area contributed by atoms with Crippen LogP contribution in [0.1, 0.15) is 46.2 Å². The molecule has 7 heteroatoms. The number of ether oxygens (including phenoxy) is 2. The number of piperidine rings is 1. The molecule has 2 heterocycles. The summed E-state index contributed by atoms with van der Waals surface area (Å²) in [6.07, 6.45) is 3.86. The van der Waals surface area contributed by atoms with Crippen LogP contribution in [0.3, 0.4) is 0 Å². The minimum Gasteiger partial charge on any atom is -0.497 e. The van der Waals surface area contributed by atoms with Crippen LogP contribution in [0.25, 0.3) is 0 Å². The summed E-state index contributed by atoms with van der Waals surface area (Å²) in [5.74, 6) is 1.73. The molecule has 3 rings (SSSR count). The second-order valence-electron chi connectivity index (χ2n) is 7.39. The van der Waals surface area contributed by atoms with Gasteiger partial charge in [-0.05, 0) is 44.0 Å². The van der Waals surface area contributed by atoms with Crippen LogP contribution in [0.2, 0.25) is 0 Å². The van der Waals surface area contributed by atoms with E-state index in [0.717, 1.165) is 56.2 Å². The molecule has 2 aromatic rings. The fourth-order valence-electron chi connectivity index (χ4n) is 3.65. The Morgan fingerprint density at radius 1 is 1.34 bits per heavy atom. The Hall–Kier alpha value is -2.51. The van der Waals surface area contributed by atoms with Crippen molar-refractivity contribution in [2.24, 2.45) is 0 Å². The summed E-state index contributed by atoms with van der Waals surface area (Å²) in [5.41, 5.74) is 2.21. The third kappa shape index (κ3) is 5.74. The lowest BCUT2D eigenvalue weighted by atomic mass is 9.97. The molecule has 29 heavy (non-hydrogen) atoms. The van der Waals surface area contributed by atoms with Gasteiger partial charge in [-0.3, -0.25) is 4.79 Å². The number of aryl methyl sites for hydroxylation is 1. The Bertz CT molecular complexity index is 827. The molecule has 1 fully saturated rings. The first-order chi connectivity index (χ1) is 14.1. The molecule has 1 unspecified atom stereocenters. The van der Waals surface area contributed by atoms with E-state index in [2.05, 4.69) is 20.2 Å². The average molecular weight is 399 g/mol. The van der Waals surface area contributed by atoms with Crippen LogP contribution in [-0.2, 0) is 11.3 Å². The maximum Gasteiger partial charge on any atom is 0.254 e. The SMILES string of the molecule is COCCN1CCCC(c2ncc(C(=O)NCc3cccc(OC)c3)c(C)n2)C1. The highest BCUT2D eigenvalue weighted by Gasteiger charge is 2.24. The molecular weight excluding hydrogens is 368 g/mol. The molecule has 1 atom stereocenters. The monoisotopic (exact) mass is 398 g/mol. The molecular formula is C22H30N4O3. The van der Waals surface area contributed by atoms with Crippen molar-refractivity contribution in [3.8, 4) is 5.75 Å². The van der Waals surface area contributed by atoms with Gasteiger partial charge in [0.1, 0.15) is 11.6 Å². The van der Waals surface area contributed by atoms with Gasteiger partial charge in [0, 0.05) is 38.9 Å². The number of carbonyl (C=O) groups is 1. The van der Waals surface area contributed by atoms with Crippen molar-refractivity contribution in [3.63, 3.8) is 0 Å². The molecule has 0 aliphatic carbocycles. The van der Waals surface area contributed by atoms with Crippen molar-refractivity contribution in [2.75, 3.05) is 40.5 Å². The van der Waals surface area contributed by atoms with Gasteiger partial charge in [0.25, 0.3) is 5.91 Å². The van der Waals surface area contributed by atoms with Crippen LogP contribution >= 0.6 is 0 Å². The largest absolute Gasteiger partial charge is 0.497 e. The Morgan fingerprint density at radius 2 is 2.21 bits per heavy atom. The molecule has 0 radical (unpaired) electrons. The predicted molar refractivity (Wildman–Crippen MR) is 111 cm³/mol. The van der Waals surface area contributed by atoms with E-state index >= 15 is 0 Å². The summed E-state index contributed by atoms with van der Waals surface area (Å²) in [6.45, 7) is 5.98. The Labute approximate surface area is 172 Å². The maximum atomic E-state index is 12.6. The van der Waals surface area contributed by atoms with E-state index in [1.165, 1.54) is 0 Å². The molecule has 0 bridgehead atoms. The lowest BCUT2D eigenvalue weighted by molar-refractivity contribution is 0.0949. The molecule has 1 aromatic carbocycles. The van der Waals surface area contributed by atoms with E-state index in [9.17, 15) is 4.79 Å². The van der Waals surface area contributed by atoms with Gasteiger partial charge in [-0.15, -0.1) is 0 Å². The zero-order chi connectivity index (χ0) is 20.6. The number of rotatable bonds is 8. The van der Waals surface area contributed by atoms with Gasteiger partial charge in [-0.1, -0.05) is 12.1 Å². The Morgan fingerprint density at radius 3 is 2.97 bits per heavy atom. The van der Waals surface area contributed by atoms with Crippen LogP contribution in [-0.4, -0.2) is 61.2 Å². The van der Waals surface area contributed by atoms with Gasteiger partial charge < -0.3 is 19.7 Å². The average Bonchev–Trinajstić information content (AvgIpc) is 2.76. The number of benzene rings is 1. The number of likely N-dealkylation sites (tertiary alicyclic amines) is 1. The van der Waals surface area contributed by atoms with Crippen LogP contribution < -0.4 is 10.1 Å². The highest BCUT2D eigenvalue weighted by Crippen LogP contribution is 2.24. The number of amides is 1. The fourth-order valence-corrected chi connectivity index (χ4v) is 3.65. The molecule has 1 N–H and O–H groups in total. The quantitative estimate of drug-likeness (QED) is 0.736. The van der Waals surface area contributed by atoms with Gasteiger partial charge >= 0.3 is 0 Å². The zero-order valence-electron chi connectivity index (χ0n) is 17.5. The summed E-state index contributed by atoms with van der Waals surface area (Å²) in [4.78, 5) is 24.2. The van der Waals surface area contributed by atoms with E-state index in [4.69, 9.17) is 9.47 Å². The van der Waals surface area contributed by atoms with Crippen molar-refractivity contribution in [3.05, 3.63) is 53.1 Å². The minimum atomic E-state index is -0.165. The first-order valence-electron chi connectivity index (χ1n) is 10.1. The van der Waals surface area contributed by atoms with Crippen LogP contribution in [0.4, 0.5) is 0 Å². The summed E-state index contributed by atoms with van der Waals surface area (Å²) < 4.78 is 10.4. The minimum absolute atomic E-state index is 0.165. The van der Waals surface area contributed by atoms with Gasteiger partial charge in [-0.2, -0.15) is 0 Å². The first kappa shape index (κ1) is 21.2. The summed E-state index contributed by atoms with van der Waals surface area (Å²) in [6, 6.07) is 7.64.